The van der Waals surface area contributed by atoms with Crippen LogP contribution < -0.4 is 0 Å². The van der Waals surface area contributed by atoms with Gasteiger partial charge in [-0.1, -0.05) is 0 Å². The number of aliphatic carboxylic acids is 1. The van der Waals surface area contributed by atoms with Gasteiger partial charge in [0.25, 0.3) is 0 Å². The van der Waals surface area contributed by atoms with E-state index in [1.54, 1.807) is 0 Å². The molecule has 1 N–H and O–H groups in total. The number of hydrogen-bond acceptors (Lipinski definition) is 4. The summed E-state index contributed by atoms with van der Waals surface area (Å²) in [6.07, 6.45) is 0.880. The van der Waals surface area contributed by atoms with E-state index >= 15 is 0 Å². The number of carbonyl (C=O) groups is 1. The van der Waals surface area contributed by atoms with Gasteiger partial charge in [-0.15, -0.1) is 0 Å². The summed E-state index contributed by atoms with van der Waals surface area (Å²) in [5.41, 5.74) is 0. The predicted octanol–water partition coefficient (Wildman–Crippen LogP) is -0.880. The first kappa shape index (κ1) is 11.4. The highest BCUT2D eigenvalue weighted by atomic mass is 32.2. The number of carboxylic acid groups (broad SMARTS) is 1. The van der Waals surface area contributed by atoms with E-state index in [4.69, 9.17) is 9.84 Å². The standard InChI is InChI=1S/C7H13NO5S/c1-13-5-3-6(7(9)10)8(4-5)14(2,11)12/h5-6H,3-4H2,1-2H3,(H,9,10)/t5-,6-/m0/s1. The number of sulfonamides is 1. The fraction of sp³-hybridized carbons (Fsp3) is 0.857. The number of carboxylic acids is 1. The normalized spacial score (nSPS) is 29.3. The summed E-state index contributed by atoms with van der Waals surface area (Å²) in [5, 5.41) is 8.80. The molecule has 14 heavy (non-hydrogen) atoms. The number of ether oxygens (including phenoxy) is 1. The second kappa shape index (κ2) is 3.84. The number of methoxy groups -OCH3 is 1. The zero-order chi connectivity index (χ0) is 10.9. The molecule has 1 aliphatic heterocycles. The quantitative estimate of drug-likeness (QED) is 0.671. The molecule has 1 aliphatic rings. The van der Waals surface area contributed by atoms with Gasteiger partial charge in [-0.3, -0.25) is 4.79 Å². The van der Waals surface area contributed by atoms with Gasteiger partial charge in [-0.05, 0) is 0 Å². The Kier molecular flexibility index (Phi) is 3.13. The van der Waals surface area contributed by atoms with Gasteiger partial charge in [0.15, 0.2) is 0 Å². The Morgan fingerprint density at radius 3 is 2.43 bits per heavy atom. The summed E-state index contributed by atoms with van der Waals surface area (Å²) in [5.74, 6) is -1.13. The molecule has 0 bridgehead atoms. The molecule has 0 amide bonds. The van der Waals surface area contributed by atoms with Crippen LogP contribution in [0.2, 0.25) is 0 Å². The number of nitrogens with zero attached hydrogens (tertiary/aromatic N) is 1. The minimum absolute atomic E-state index is 0.117. The van der Waals surface area contributed by atoms with Crippen molar-refractivity contribution in [2.45, 2.75) is 18.6 Å². The molecule has 1 fully saturated rings. The van der Waals surface area contributed by atoms with Crippen molar-refractivity contribution < 1.29 is 23.1 Å². The molecule has 1 saturated heterocycles. The molecule has 6 nitrogen and oxygen atoms in total. The van der Waals surface area contributed by atoms with Gasteiger partial charge in [0.1, 0.15) is 6.04 Å². The van der Waals surface area contributed by atoms with E-state index in [0.29, 0.717) is 0 Å². The highest BCUT2D eigenvalue weighted by Gasteiger charge is 2.41. The van der Waals surface area contributed by atoms with Crippen LogP contribution in [0, 0.1) is 0 Å². The third-order valence-electron chi connectivity index (χ3n) is 2.26. The average Bonchev–Trinajstić information content (AvgIpc) is 2.46. The van der Waals surface area contributed by atoms with Crippen molar-refractivity contribution in [1.82, 2.24) is 4.31 Å². The largest absolute Gasteiger partial charge is 0.480 e. The van der Waals surface area contributed by atoms with Gasteiger partial charge >= 0.3 is 5.97 Å². The Bertz CT molecular complexity index is 325. The van der Waals surface area contributed by atoms with Crippen molar-refractivity contribution in [2.24, 2.45) is 0 Å². The van der Waals surface area contributed by atoms with Crippen LogP contribution in [0.15, 0.2) is 0 Å². The molecule has 0 unspecified atom stereocenters. The van der Waals surface area contributed by atoms with Crippen molar-refractivity contribution in [3.05, 3.63) is 0 Å². The third-order valence-corrected chi connectivity index (χ3v) is 3.52. The predicted molar refractivity (Wildman–Crippen MR) is 48.4 cm³/mol. The van der Waals surface area contributed by atoms with Gasteiger partial charge in [-0.2, -0.15) is 4.31 Å². The lowest BCUT2D eigenvalue weighted by molar-refractivity contribution is -0.140. The van der Waals surface area contributed by atoms with E-state index in [2.05, 4.69) is 0 Å². The first-order valence-corrected chi connectivity index (χ1v) is 5.93. The fourth-order valence-corrected chi connectivity index (χ4v) is 2.61. The Balaban J connectivity index is 2.88. The maximum atomic E-state index is 11.2. The monoisotopic (exact) mass is 223 g/mol. The lowest BCUT2D eigenvalue weighted by atomic mass is 10.2. The van der Waals surface area contributed by atoms with E-state index in [0.717, 1.165) is 10.6 Å². The summed E-state index contributed by atoms with van der Waals surface area (Å²) in [4.78, 5) is 10.8. The molecular weight excluding hydrogens is 210 g/mol. The first-order chi connectivity index (χ1) is 6.36. The van der Waals surface area contributed by atoms with Crippen LogP contribution in [-0.2, 0) is 19.6 Å². The van der Waals surface area contributed by atoms with E-state index < -0.39 is 22.0 Å². The van der Waals surface area contributed by atoms with Crippen molar-refractivity contribution >= 4 is 16.0 Å². The average molecular weight is 223 g/mol. The highest BCUT2D eigenvalue weighted by molar-refractivity contribution is 7.88. The van der Waals surface area contributed by atoms with E-state index in [1.807, 2.05) is 0 Å². The van der Waals surface area contributed by atoms with Crippen LogP contribution in [0.5, 0.6) is 0 Å². The van der Waals surface area contributed by atoms with Crippen LogP contribution in [0.4, 0.5) is 0 Å². The minimum atomic E-state index is -3.47. The zero-order valence-corrected chi connectivity index (χ0v) is 8.82. The molecule has 1 rings (SSSR count). The minimum Gasteiger partial charge on any atom is -0.480 e. The summed E-state index contributed by atoms with van der Waals surface area (Å²) >= 11 is 0. The van der Waals surface area contributed by atoms with Crippen LogP contribution in [-0.4, -0.2) is 55.9 Å². The summed E-state index contributed by atoms with van der Waals surface area (Å²) < 4.78 is 28.3. The second-order valence-electron chi connectivity index (χ2n) is 3.28. The smallest absolute Gasteiger partial charge is 0.322 e. The number of rotatable bonds is 3. The van der Waals surface area contributed by atoms with Crippen LogP contribution >= 0.6 is 0 Å². The zero-order valence-electron chi connectivity index (χ0n) is 8.00. The highest BCUT2D eigenvalue weighted by Crippen LogP contribution is 2.22. The third kappa shape index (κ3) is 2.23. The van der Waals surface area contributed by atoms with Gasteiger partial charge in [0, 0.05) is 20.1 Å². The lowest BCUT2D eigenvalue weighted by Crippen LogP contribution is -2.39. The van der Waals surface area contributed by atoms with Crippen LogP contribution in [0.1, 0.15) is 6.42 Å². The van der Waals surface area contributed by atoms with Crippen LogP contribution in [0.3, 0.4) is 0 Å². The molecule has 1 heterocycles. The van der Waals surface area contributed by atoms with Gasteiger partial charge in [0.2, 0.25) is 10.0 Å². The van der Waals surface area contributed by atoms with Gasteiger partial charge in [0.05, 0.1) is 12.4 Å². The maximum absolute atomic E-state index is 11.2. The summed E-state index contributed by atoms with van der Waals surface area (Å²) in [6.45, 7) is 0.117. The van der Waals surface area contributed by atoms with E-state index in [9.17, 15) is 13.2 Å². The maximum Gasteiger partial charge on any atom is 0.322 e. The van der Waals surface area contributed by atoms with E-state index in [-0.39, 0.29) is 19.1 Å². The molecule has 7 heteroatoms. The van der Waals surface area contributed by atoms with Crippen LogP contribution in [0.25, 0.3) is 0 Å². The molecular formula is C7H13NO5S. The Morgan fingerprint density at radius 2 is 2.14 bits per heavy atom. The molecule has 82 valence electrons. The first-order valence-electron chi connectivity index (χ1n) is 4.08. The molecule has 0 saturated carbocycles. The lowest BCUT2D eigenvalue weighted by Gasteiger charge is -2.17. The van der Waals surface area contributed by atoms with Crippen molar-refractivity contribution in [3.63, 3.8) is 0 Å². The van der Waals surface area contributed by atoms with Gasteiger partial charge < -0.3 is 9.84 Å². The summed E-state index contributed by atoms with van der Waals surface area (Å²) in [7, 11) is -2.03. The molecule has 0 aliphatic carbocycles. The molecule has 0 aromatic rings. The SMILES string of the molecule is CO[C@H]1C[C@@H](C(=O)O)N(S(C)(=O)=O)C1. The second-order valence-corrected chi connectivity index (χ2v) is 5.22. The summed E-state index contributed by atoms with van der Waals surface area (Å²) in [6, 6.07) is -0.991. The van der Waals surface area contributed by atoms with Crippen molar-refractivity contribution in [3.8, 4) is 0 Å². The Hall–Kier alpha value is -0.660. The Labute approximate surface area is 82.5 Å². The van der Waals surface area contributed by atoms with E-state index in [1.165, 1.54) is 7.11 Å². The molecule has 0 aromatic heterocycles. The van der Waals surface area contributed by atoms with Crippen molar-refractivity contribution in [2.75, 3.05) is 19.9 Å². The fourth-order valence-electron chi connectivity index (χ4n) is 1.53. The molecule has 0 aromatic carbocycles. The topological polar surface area (TPSA) is 83.9 Å². The molecule has 2 atom stereocenters. The molecule has 0 radical (unpaired) electrons. The van der Waals surface area contributed by atoms with Crippen molar-refractivity contribution in [1.29, 1.82) is 0 Å². The number of hydrogen-bond donors (Lipinski definition) is 1. The molecule has 0 spiro atoms. The van der Waals surface area contributed by atoms with Gasteiger partial charge in [-0.25, -0.2) is 8.42 Å². The Morgan fingerprint density at radius 1 is 1.57 bits per heavy atom.